The van der Waals surface area contributed by atoms with Crippen LogP contribution in [-0.4, -0.2) is 37.1 Å². The van der Waals surface area contributed by atoms with Crippen molar-refractivity contribution in [3.05, 3.63) is 28.7 Å². The van der Waals surface area contributed by atoms with Gasteiger partial charge in [-0.05, 0) is 31.0 Å². The number of carbonyl (C=O) groups excluding carboxylic acids is 2. The Kier molecular flexibility index (Phi) is 5.00. The molecule has 1 heterocycles. The van der Waals surface area contributed by atoms with Gasteiger partial charge in [0, 0.05) is 23.2 Å². The smallest absolute Gasteiger partial charge is 0.409 e. The Balaban J connectivity index is 1.97. The van der Waals surface area contributed by atoms with Crippen molar-refractivity contribution < 1.29 is 14.3 Å². The van der Waals surface area contributed by atoms with Crippen LogP contribution < -0.4 is 5.32 Å². The van der Waals surface area contributed by atoms with E-state index in [9.17, 15) is 9.59 Å². The summed E-state index contributed by atoms with van der Waals surface area (Å²) in [6.45, 7) is 1.06. The normalized spacial score (nSPS) is 18.5. The van der Waals surface area contributed by atoms with E-state index in [0.717, 1.165) is 23.0 Å². The highest BCUT2D eigenvalue weighted by Gasteiger charge is 2.28. The molecule has 1 saturated heterocycles. The van der Waals surface area contributed by atoms with E-state index >= 15 is 0 Å². The molecular weight excluding hydrogens is 324 g/mol. The minimum atomic E-state index is -0.370. The maximum Gasteiger partial charge on any atom is 0.409 e. The quantitative estimate of drug-likeness (QED) is 0.900. The van der Waals surface area contributed by atoms with Crippen LogP contribution in [-0.2, 0) is 9.53 Å². The SMILES string of the molecule is COC(=O)N1CCCC(C(=O)Nc2cccc(Br)c2)C1. The standard InChI is InChI=1S/C14H17BrN2O3/c1-20-14(19)17-7-3-4-10(9-17)13(18)16-12-6-2-5-11(15)8-12/h2,5-6,8,10H,3-4,7,9H2,1H3,(H,16,18). The third-order valence-corrected chi connectivity index (χ3v) is 3.81. The van der Waals surface area contributed by atoms with Gasteiger partial charge in [0.2, 0.25) is 5.91 Å². The summed E-state index contributed by atoms with van der Waals surface area (Å²) in [6, 6.07) is 7.44. The topological polar surface area (TPSA) is 58.6 Å². The second-order valence-electron chi connectivity index (χ2n) is 4.75. The molecule has 1 N–H and O–H groups in total. The van der Waals surface area contributed by atoms with Crippen molar-refractivity contribution in [1.82, 2.24) is 4.90 Å². The Hall–Kier alpha value is -1.56. The lowest BCUT2D eigenvalue weighted by atomic mass is 9.97. The molecular formula is C14H17BrN2O3. The maximum absolute atomic E-state index is 12.2. The molecule has 0 aliphatic carbocycles. The molecule has 5 nitrogen and oxygen atoms in total. The third-order valence-electron chi connectivity index (χ3n) is 3.32. The molecule has 0 aromatic heterocycles. The van der Waals surface area contributed by atoms with E-state index in [2.05, 4.69) is 21.2 Å². The number of likely N-dealkylation sites (tertiary alicyclic amines) is 1. The lowest BCUT2D eigenvalue weighted by Gasteiger charge is -2.30. The molecule has 0 bridgehead atoms. The zero-order valence-corrected chi connectivity index (χ0v) is 12.9. The fraction of sp³-hybridized carbons (Fsp3) is 0.429. The van der Waals surface area contributed by atoms with Gasteiger partial charge in [-0.3, -0.25) is 4.79 Å². The number of carbonyl (C=O) groups is 2. The van der Waals surface area contributed by atoms with Crippen LogP contribution in [0, 0.1) is 5.92 Å². The predicted octanol–water partition coefficient (Wildman–Crippen LogP) is 2.87. The first kappa shape index (κ1) is 14.8. The number of hydrogen-bond acceptors (Lipinski definition) is 3. The first-order chi connectivity index (χ1) is 9.60. The van der Waals surface area contributed by atoms with Crippen molar-refractivity contribution in [2.45, 2.75) is 12.8 Å². The van der Waals surface area contributed by atoms with Gasteiger partial charge in [0.25, 0.3) is 0 Å². The van der Waals surface area contributed by atoms with Crippen LogP contribution in [0.25, 0.3) is 0 Å². The highest BCUT2D eigenvalue weighted by Crippen LogP contribution is 2.21. The second-order valence-corrected chi connectivity index (χ2v) is 5.67. The molecule has 0 spiro atoms. The molecule has 1 aromatic carbocycles. The average molecular weight is 341 g/mol. The van der Waals surface area contributed by atoms with Crippen molar-refractivity contribution >= 4 is 33.6 Å². The van der Waals surface area contributed by atoms with Crippen molar-refractivity contribution in [2.24, 2.45) is 5.92 Å². The van der Waals surface area contributed by atoms with Gasteiger partial charge < -0.3 is 15.0 Å². The van der Waals surface area contributed by atoms with E-state index in [0.29, 0.717) is 13.1 Å². The zero-order valence-electron chi connectivity index (χ0n) is 11.3. The number of halogens is 1. The molecule has 0 saturated carbocycles. The molecule has 108 valence electrons. The van der Waals surface area contributed by atoms with Crippen molar-refractivity contribution in [1.29, 1.82) is 0 Å². The minimum absolute atomic E-state index is 0.0586. The summed E-state index contributed by atoms with van der Waals surface area (Å²) < 4.78 is 5.61. The number of piperidine rings is 1. The fourth-order valence-electron chi connectivity index (χ4n) is 2.30. The molecule has 1 unspecified atom stereocenters. The number of benzene rings is 1. The molecule has 1 aromatic rings. The highest BCUT2D eigenvalue weighted by atomic mass is 79.9. The Morgan fingerprint density at radius 3 is 2.95 bits per heavy atom. The average Bonchev–Trinajstić information content (AvgIpc) is 2.46. The third kappa shape index (κ3) is 3.72. The van der Waals surface area contributed by atoms with Crippen LogP contribution in [0.4, 0.5) is 10.5 Å². The first-order valence-electron chi connectivity index (χ1n) is 6.49. The van der Waals surface area contributed by atoms with Gasteiger partial charge in [0.15, 0.2) is 0 Å². The van der Waals surface area contributed by atoms with Gasteiger partial charge in [-0.1, -0.05) is 22.0 Å². The molecule has 6 heteroatoms. The first-order valence-corrected chi connectivity index (χ1v) is 7.29. The molecule has 1 aliphatic rings. The van der Waals surface area contributed by atoms with Gasteiger partial charge in [-0.15, -0.1) is 0 Å². The monoisotopic (exact) mass is 340 g/mol. The fourth-order valence-corrected chi connectivity index (χ4v) is 2.70. The number of rotatable bonds is 2. The largest absolute Gasteiger partial charge is 0.453 e. The van der Waals surface area contributed by atoms with E-state index in [1.54, 1.807) is 4.90 Å². The summed E-state index contributed by atoms with van der Waals surface area (Å²) in [5, 5.41) is 2.88. The van der Waals surface area contributed by atoms with Crippen molar-refractivity contribution in [3.8, 4) is 0 Å². The Morgan fingerprint density at radius 1 is 1.45 bits per heavy atom. The van der Waals surface area contributed by atoms with E-state index < -0.39 is 0 Å². The summed E-state index contributed by atoms with van der Waals surface area (Å²) in [5.41, 5.74) is 0.750. The molecule has 1 atom stereocenters. The Bertz CT molecular complexity index is 507. The van der Waals surface area contributed by atoms with E-state index in [4.69, 9.17) is 4.74 Å². The highest BCUT2D eigenvalue weighted by molar-refractivity contribution is 9.10. The lowest BCUT2D eigenvalue weighted by Crippen LogP contribution is -2.43. The number of hydrogen-bond donors (Lipinski definition) is 1. The molecule has 0 radical (unpaired) electrons. The number of nitrogens with one attached hydrogen (secondary N) is 1. The predicted molar refractivity (Wildman–Crippen MR) is 79.5 cm³/mol. The van der Waals surface area contributed by atoms with Gasteiger partial charge in [0.1, 0.15) is 0 Å². The number of ether oxygens (including phenoxy) is 1. The van der Waals surface area contributed by atoms with Gasteiger partial charge >= 0.3 is 6.09 Å². The molecule has 2 rings (SSSR count). The van der Waals surface area contributed by atoms with Crippen molar-refractivity contribution in [2.75, 3.05) is 25.5 Å². The number of amides is 2. The van der Waals surface area contributed by atoms with Crippen molar-refractivity contribution in [3.63, 3.8) is 0 Å². The van der Waals surface area contributed by atoms with Crippen LogP contribution in [0.5, 0.6) is 0 Å². The number of nitrogens with zero attached hydrogens (tertiary/aromatic N) is 1. The van der Waals surface area contributed by atoms with Crippen LogP contribution in [0.3, 0.4) is 0 Å². The summed E-state index contributed by atoms with van der Waals surface area (Å²) in [6.07, 6.45) is 1.23. The molecule has 2 amide bonds. The number of anilines is 1. The summed E-state index contributed by atoms with van der Waals surface area (Å²) >= 11 is 3.37. The van der Waals surface area contributed by atoms with Gasteiger partial charge in [-0.25, -0.2) is 4.79 Å². The van der Waals surface area contributed by atoms with Crippen LogP contribution in [0.15, 0.2) is 28.7 Å². The minimum Gasteiger partial charge on any atom is -0.453 e. The molecule has 1 aliphatic heterocycles. The summed E-state index contributed by atoms with van der Waals surface area (Å²) in [7, 11) is 1.35. The number of methoxy groups -OCH3 is 1. The maximum atomic E-state index is 12.2. The molecule has 20 heavy (non-hydrogen) atoms. The second kappa shape index (κ2) is 6.74. The van der Waals surface area contributed by atoms with Gasteiger partial charge in [-0.2, -0.15) is 0 Å². The van der Waals surface area contributed by atoms with Crippen LogP contribution in [0.2, 0.25) is 0 Å². The lowest BCUT2D eigenvalue weighted by molar-refractivity contribution is -0.121. The van der Waals surface area contributed by atoms with Crippen LogP contribution >= 0.6 is 15.9 Å². The zero-order chi connectivity index (χ0) is 14.5. The summed E-state index contributed by atoms with van der Waals surface area (Å²) in [4.78, 5) is 25.3. The van der Waals surface area contributed by atoms with E-state index in [1.165, 1.54) is 7.11 Å². The molecule has 1 fully saturated rings. The Labute approximate surface area is 126 Å². The van der Waals surface area contributed by atoms with Crippen LogP contribution in [0.1, 0.15) is 12.8 Å². The summed E-state index contributed by atoms with van der Waals surface area (Å²) in [5.74, 6) is -0.251. The Morgan fingerprint density at radius 2 is 2.25 bits per heavy atom. The van der Waals surface area contributed by atoms with E-state index in [1.807, 2.05) is 24.3 Å². The van der Waals surface area contributed by atoms with E-state index in [-0.39, 0.29) is 17.9 Å². The van der Waals surface area contributed by atoms with Gasteiger partial charge in [0.05, 0.1) is 13.0 Å².